The number of nitrogens with one attached hydrogen (secondary N) is 1. The van der Waals surface area contributed by atoms with E-state index in [0.29, 0.717) is 13.2 Å². The molecule has 4 bridgehead atoms. The van der Waals surface area contributed by atoms with Gasteiger partial charge in [-0.3, -0.25) is 4.79 Å². The quantitative estimate of drug-likeness (QED) is 0.391. The Labute approximate surface area is 172 Å². The molecule has 2 aromatic rings. The van der Waals surface area contributed by atoms with Crippen molar-refractivity contribution < 1.29 is 19.0 Å². The largest absolute Gasteiger partial charge is 0.389 e. The van der Waals surface area contributed by atoms with E-state index < -0.39 is 10.8 Å². The normalized spacial score (nSPS) is 29.3. The van der Waals surface area contributed by atoms with E-state index in [-0.39, 0.29) is 29.7 Å². The molecule has 30 heavy (non-hydrogen) atoms. The summed E-state index contributed by atoms with van der Waals surface area (Å²) in [5.74, 6) is 1.78. The number of aromatic nitrogens is 4. The van der Waals surface area contributed by atoms with Gasteiger partial charge in [-0.1, -0.05) is 5.16 Å². The van der Waals surface area contributed by atoms with Crippen LogP contribution in [0.15, 0.2) is 16.8 Å². The van der Waals surface area contributed by atoms with Gasteiger partial charge in [0.25, 0.3) is 0 Å². The first-order chi connectivity index (χ1) is 14.5. The Hall–Kier alpha value is -2.82. The molecule has 0 saturated heterocycles. The third kappa shape index (κ3) is 3.81. The molecule has 0 aliphatic heterocycles. The van der Waals surface area contributed by atoms with Crippen LogP contribution >= 0.6 is 0 Å². The molecule has 11 heteroatoms. The van der Waals surface area contributed by atoms with Crippen molar-refractivity contribution in [2.24, 2.45) is 17.8 Å². The average Bonchev–Trinajstić information content (AvgIpc) is 3.34. The van der Waals surface area contributed by atoms with Gasteiger partial charge < -0.3 is 24.7 Å². The number of amides is 1. The fourth-order valence-electron chi connectivity index (χ4n) is 5.81. The molecule has 1 amide bonds. The molecule has 0 atom stereocenters. The zero-order valence-electron chi connectivity index (χ0n) is 16.5. The summed E-state index contributed by atoms with van der Waals surface area (Å²) in [6.45, 7) is 0.916. The van der Waals surface area contributed by atoms with Gasteiger partial charge in [0, 0.05) is 6.54 Å². The molecule has 4 saturated carbocycles. The van der Waals surface area contributed by atoms with Gasteiger partial charge in [-0.25, -0.2) is 0 Å². The second kappa shape index (κ2) is 7.46. The maximum absolute atomic E-state index is 12.3. The van der Waals surface area contributed by atoms with Crippen molar-refractivity contribution >= 4 is 11.7 Å². The van der Waals surface area contributed by atoms with Crippen LogP contribution in [-0.4, -0.2) is 49.5 Å². The van der Waals surface area contributed by atoms with Crippen LogP contribution in [0.4, 0.5) is 5.82 Å². The van der Waals surface area contributed by atoms with Gasteiger partial charge in [-0.05, 0) is 61.2 Å². The Morgan fingerprint density at radius 1 is 1.30 bits per heavy atom. The highest BCUT2D eigenvalue weighted by Crippen LogP contribution is 2.57. The van der Waals surface area contributed by atoms with Crippen molar-refractivity contribution in [2.45, 2.75) is 50.7 Å². The zero-order chi connectivity index (χ0) is 20.7. The number of nitrogens with zero attached hydrogens (tertiary/aromatic N) is 5. The minimum atomic E-state index is -0.586. The third-order valence-corrected chi connectivity index (χ3v) is 6.56. The number of carbonyl (C=O) groups excluding carboxylic acids is 1. The van der Waals surface area contributed by atoms with Gasteiger partial charge in [0.2, 0.25) is 0 Å². The van der Waals surface area contributed by atoms with Crippen molar-refractivity contribution in [3.05, 3.63) is 34.1 Å². The Morgan fingerprint density at radius 3 is 2.63 bits per heavy atom. The molecule has 4 aliphatic rings. The number of hydrogen-bond donors (Lipinski definition) is 1. The van der Waals surface area contributed by atoms with Gasteiger partial charge in [-0.15, -0.1) is 0 Å². The van der Waals surface area contributed by atoms with Crippen molar-refractivity contribution in [1.29, 1.82) is 0 Å². The molecule has 0 spiro atoms. The van der Waals surface area contributed by atoms with Crippen LogP contribution in [0.5, 0.6) is 0 Å². The van der Waals surface area contributed by atoms with E-state index in [1.165, 1.54) is 36.2 Å². The van der Waals surface area contributed by atoms with Gasteiger partial charge in [0.05, 0.1) is 29.6 Å². The number of nitro groups is 1. The summed E-state index contributed by atoms with van der Waals surface area (Å²) in [4.78, 5) is 26.4. The van der Waals surface area contributed by atoms with Crippen molar-refractivity contribution in [1.82, 2.24) is 25.2 Å². The summed E-state index contributed by atoms with van der Waals surface area (Å²) in [6.07, 6.45) is 9.01. The first kappa shape index (κ1) is 19.2. The summed E-state index contributed by atoms with van der Waals surface area (Å²) in [5.41, 5.74) is 0.0174. The molecule has 0 aromatic carbocycles. The topological polar surface area (TPSA) is 138 Å². The smallest absolute Gasteiger partial charge is 0.373 e. The second-order valence-corrected chi connectivity index (χ2v) is 8.85. The van der Waals surface area contributed by atoms with E-state index in [0.717, 1.165) is 37.0 Å². The SMILES string of the molecule is O=C(NCCOC12CC3CC(CC(C3)C1)C2)c1nc(Cn2ccc([N+](=O)[O-])n2)no1. The molecule has 1 N–H and O–H groups in total. The van der Waals surface area contributed by atoms with E-state index in [9.17, 15) is 14.9 Å². The molecule has 11 nitrogen and oxygen atoms in total. The molecule has 4 fully saturated rings. The molecular formula is C19H24N6O5. The fraction of sp³-hybridized carbons (Fsp3) is 0.684. The standard InChI is InChI=1S/C19H24N6O5/c26-17(18-21-15(23-30-18)11-24-3-1-16(22-24)25(27)28)20-2-4-29-19-8-12-5-13(9-19)7-14(6-12)10-19/h1,3,12-14H,2,4-11H2,(H,20,26). The minimum absolute atomic E-state index is 0.0174. The minimum Gasteiger partial charge on any atom is -0.373 e. The molecule has 2 heterocycles. The van der Waals surface area contributed by atoms with E-state index in [2.05, 4.69) is 20.6 Å². The lowest BCUT2D eigenvalue weighted by atomic mass is 9.54. The lowest BCUT2D eigenvalue weighted by Crippen LogP contribution is -2.52. The highest BCUT2D eigenvalue weighted by Gasteiger charge is 2.51. The summed E-state index contributed by atoms with van der Waals surface area (Å²) in [6, 6.07) is 1.28. The maximum Gasteiger partial charge on any atom is 0.389 e. The number of rotatable bonds is 8. The van der Waals surface area contributed by atoms with Crippen LogP contribution in [0, 0.1) is 27.9 Å². The van der Waals surface area contributed by atoms with Gasteiger partial charge in [0.15, 0.2) is 5.82 Å². The molecule has 6 rings (SSSR count). The average molecular weight is 416 g/mol. The van der Waals surface area contributed by atoms with E-state index in [1.807, 2.05) is 0 Å². The molecule has 160 valence electrons. The van der Waals surface area contributed by atoms with Crippen LogP contribution < -0.4 is 5.32 Å². The Morgan fingerprint density at radius 2 is 2.00 bits per heavy atom. The lowest BCUT2D eigenvalue weighted by Gasteiger charge is -2.56. The van der Waals surface area contributed by atoms with Gasteiger partial charge in [-0.2, -0.15) is 9.67 Å². The van der Waals surface area contributed by atoms with Gasteiger partial charge in [0.1, 0.15) is 6.54 Å². The Balaban J connectivity index is 1.09. The first-order valence-corrected chi connectivity index (χ1v) is 10.4. The summed E-state index contributed by atoms with van der Waals surface area (Å²) in [7, 11) is 0. The molecule has 2 aromatic heterocycles. The predicted octanol–water partition coefficient (Wildman–Crippen LogP) is 1.94. The zero-order valence-corrected chi connectivity index (χ0v) is 16.5. The van der Waals surface area contributed by atoms with E-state index in [4.69, 9.17) is 9.26 Å². The maximum atomic E-state index is 12.3. The van der Waals surface area contributed by atoms with Crippen LogP contribution in [0.2, 0.25) is 0 Å². The fourth-order valence-corrected chi connectivity index (χ4v) is 5.81. The number of hydrogen-bond acceptors (Lipinski definition) is 8. The number of carbonyl (C=O) groups is 1. The molecular weight excluding hydrogens is 392 g/mol. The van der Waals surface area contributed by atoms with Gasteiger partial charge >= 0.3 is 17.6 Å². The van der Waals surface area contributed by atoms with Crippen LogP contribution in [-0.2, 0) is 11.3 Å². The summed E-state index contributed by atoms with van der Waals surface area (Å²) >= 11 is 0. The molecule has 0 unspecified atom stereocenters. The van der Waals surface area contributed by atoms with Crippen LogP contribution in [0.1, 0.15) is 55.0 Å². The lowest BCUT2D eigenvalue weighted by molar-refractivity contribution is -0.389. The number of ether oxygens (including phenoxy) is 1. The van der Waals surface area contributed by atoms with Crippen LogP contribution in [0.3, 0.4) is 0 Å². The van der Waals surface area contributed by atoms with E-state index in [1.54, 1.807) is 0 Å². The highest BCUT2D eigenvalue weighted by molar-refractivity contribution is 5.89. The Bertz CT molecular complexity index is 918. The van der Waals surface area contributed by atoms with Crippen molar-refractivity contribution in [3.63, 3.8) is 0 Å². The summed E-state index contributed by atoms with van der Waals surface area (Å²) in [5, 5.41) is 20.9. The Kier molecular flexibility index (Phi) is 4.76. The monoisotopic (exact) mass is 416 g/mol. The van der Waals surface area contributed by atoms with Crippen molar-refractivity contribution in [2.75, 3.05) is 13.2 Å². The highest BCUT2D eigenvalue weighted by atomic mass is 16.6. The first-order valence-electron chi connectivity index (χ1n) is 10.4. The van der Waals surface area contributed by atoms with Crippen LogP contribution in [0.25, 0.3) is 0 Å². The molecule has 4 aliphatic carbocycles. The third-order valence-electron chi connectivity index (χ3n) is 6.56. The second-order valence-electron chi connectivity index (χ2n) is 8.85. The summed E-state index contributed by atoms with van der Waals surface area (Å²) < 4.78 is 12.6. The predicted molar refractivity (Wildman–Crippen MR) is 101 cm³/mol. The van der Waals surface area contributed by atoms with E-state index >= 15 is 0 Å². The van der Waals surface area contributed by atoms with Crippen molar-refractivity contribution in [3.8, 4) is 0 Å². The molecule has 0 radical (unpaired) electrons.